The molecule has 2 unspecified atom stereocenters. The number of carbonyl (C=O) groups is 4. The Balaban J connectivity index is 0.000000221. The van der Waals surface area contributed by atoms with Gasteiger partial charge in [-0.1, -0.05) is 62.5 Å². The number of thiol groups is 1. The molecule has 4 aromatic carbocycles. The number of hydrogen-bond donors (Lipinski definition) is 6. The number of nitrogens with zero attached hydrogens (tertiary/aromatic N) is 4. The highest BCUT2D eigenvalue weighted by Crippen LogP contribution is 2.52. The fourth-order valence-corrected chi connectivity index (χ4v) is 12.3. The van der Waals surface area contributed by atoms with E-state index in [1.807, 2.05) is 0 Å². The third kappa shape index (κ3) is 16.7. The van der Waals surface area contributed by atoms with Crippen LogP contribution in [0.5, 0.6) is 11.5 Å². The summed E-state index contributed by atoms with van der Waals surface area (Å²) < 4.78 is 129. The number of alkyl halides is 4. The minimum atomic E-state index is -4.07. The van der Waals surface area contributed by atoms with Crippen LogP contribution in [0.25, 0.3) is 21.9 Å². The molecule has 2 aliphatic rings. The first-order valence-electron chi connectivity index (χ1n) is 28.3. The standard InChI is InChI=1S/2C30H30F2N3O10PS/c2*1-17-24(16-43-46(40,47)34-27(38)18-6-4-3-5-7-18)45-28(30(17,31)32)35-9-8-21(33-29(35)39)13-25(37)42-15-23-11-19-10-22(41-2)12-20(14-36)26(19)44-23/h2*3-12,17,24,28,36H,13-16H2,1-2H3,(H2,34,38,40,47)/t2*17-,24-,28-,46?/m11/s1. The zero-order chi connectivity index (χ0) is 67.9. The van der Waals surface area contributed by atoms with Crippen molar-refractivity contribution in [2.24, 2.45) is 11.8 Å². The summed E-state index contributed by atoms with van der Waals surface area (Å²) in [5, 5.41) is 24.8. The van der Waals surface area contributed by atoms with Gasteiger partial charge in [0, 0.05) is 45.4 Å². The number of amides is 2. The number of aliphatic hydroxyl groups excluding tert-OH is 2. The Bertz CT molecular complexity index is 4040. The van der Waals surface area contributed by atoms with Crippen LogP contribution >= 0.6 is 25.6 Å². The molecule has 500 valence electrons. The Hall–Kier alpha value is -8.13. The maximum Gasteiger partial charge on any atom is 0.350 e. The molecule has 0 radical (unpaired) electrons. The number of rotatable bonds is 24. The van der Waals surface area contributed by atoms with Crippen molar-refractivity contribution < 1.29 is 103 Å². The molecule has 2 aliphatic heterocycles. The molecule has 26 nitrogen and oxygen atoms in total. The monoisotopic (exact) mass is 1390 g/mol. The molecular formula is C60H60F4N6O20P2S2. The van der Waals surface area contributed by atoms with Crippen LogP contribution in [-0.2, 0) is 93.2 Å². The second kappa shape index (κ2) is 29.7. The lowest BCUT2D eigenvalue weighted by molar-refractivity contribution is -0.145. The van der Waals surface area contributed by atoms with Crippen LogP contribution < -0.4 is 31.0 Å². The van der Waals surface area contributed by atoms with Crippen LogP contribution in [0.2, 0.25) is 0 Å². The largest absolute Gasteiger partial charge is 0.497 e. The zero-order valence-corrected chi connectivity index (χ0v) is 53.5. The molecule has 2 saturated heterocycles. The molecule has 34 heteroatoms. The van der Waals surface area contributed by atoms with Crippen molar-refractivity contribution in [2.45, 2.75) is 89.6 Å². The van der Waals surface area contributed by atoms with E-state index in [4.69, 9.17) is 58.1 Å². The topological polar surface area (TPSA) is 340 Å². The number of ether oxygens (including phenoxy) is 6. The van der Waals surface area contributed by atoms with E-state index in [1.165, 1.54) is 64.5 Å². The predicted octanol–water partition coefficient (Wildman–Crippen LogP) is 8.04. The smallest absolute Gasteiger partial charge is 0.350 e. The van der Waals surface area contributed by atoms with Crippen molar-refractivity contribution in [1.29, 1.82) is 0 Å². The van der Waals surface area contributed by atoms with Crippen molar-refractivity contribution in [1.82, 2.24) is 29.3 Å². The Labute approximate surface area is 540 Å². The average molecular weight is 1390 g/mol. The zero-order valence-electron chi connectivity index (χ0n) is 50.0. The first-order valence-corrected chi connectivity index (χ1v) is 33.7. The molecule has 94 heavy (non-hydrogen) atoms. The molecule has 8 aromatic rings. The van der Waals surface area contributed by atoms with Crippen molar-refractivity contribution in [3.8, 4) is 11.5 Å². The van der Waals surface area contributed by atoms with E-state index in [9.17, 15) is 48.4 Å². The van der Waals surface area contributed by atoms with Gasteiger partial charge in [-0.15, -0.1) is 0 Å². The number of fused-ring (bicyclic) bond motifs is 2. The van der Waals surface area contributed by atoms with Gasteiger partial charge in [-0.05, 0) is 84.6 Å². The van der Waals surface area contributed by atoms with E-state index in [0.29, 0.717) is 65.2 Å². The van der Waals surface area contributed by atoms with E-state index in [1.54, 1.807) is 72.8 Å². The van der Waals surface area contributed by atoms with Gasteiger partial charge in [0.15, 0.2) is 0 Å². The van der Waals surface area contributed by atoms with E-state index < -0.39 is 123 Å². The minimum absolute atomic E-state index is 0.0301. The maximum atomic E-state index is 15.3. The molecule has 0 bridgehead atoms. The van der Waals surface area contributed by atoms with Gasteiger partial charge >= 0.3 is 30.0 Å². The molecule has 10 rings (SSSR count). The molecule has 0 saturated carbocycles. The molecule has 2 fully saturated rings. The van der Waals surface area contributed by atoms with Gasteiger partial charge in [0.25, 0.3) is 30.3 Å². The fourth-order valence-electron chi connectivity index (χ4n) is 9.80. The van der Waals surface area contributed by atoms with Gasteiger partial charge in [-0.25, -0.2) is 27.2 Å². The van der Waals surface area contributed by atoms with Crippen LogP contribution in [0.1, 0.15) is 81.1 Å². The number of methoxy groups -OCH3 is 2. The number of halogens is 4. The average Bonchev–Trinajstić information content (AvgIpc) is 1.62. The summed E-state index contributed by atoms with van der Waals surface area (Å²) in [6, 6.07) is 28.0. The SMILES string of the molecule is COc1cc(CO)c2oc(COC(=O)Cc3ccn([C@@H]4O[C@H](COP(=O)(S)NC(=O)c5ccccc5)[C@@H](C)C4(F)F)c(=O)n3)cc2c1.COc1cc(CO)c2oc(COC(=O)Cc3ccn([C@@H]4O[C@H](COP(O)(=S)NC(=O)c5ccccc5)[C@@H](C)C4(F)F)c(=O)n3)cc2c1. The Morgan fingerprint density at radius 2 is 1.04 bits per heavy atom. The normalized spacial score (nSPS) is 20.1. The summed E-state index contributed by atoms with van der Waals surface area (Å²) in [5.41, 5.74) is -0.0668. The van der Waals surface area contributed by atoms with Crippen molar-refractivity contribution >= 4 is 83.1 Å². The van der Waals surface area contributed by atoms with E-state index >= 15 is 17.6 Å². The van der Waals surface area contributed by atoms with E-state index in [0.717, 1.165) is 12.4 Å². The summed E-state index contributed by atoms with van der Waals surface area (Å²) in [7, 11) is 2.97. The maximum absolute atomic E-state index is 15.3. The number of esters is 2. The molecule has 4 aromatic heterocycles. The van der Waals surface area contributed by atoms with Crippen LogP contribution in [0.15, 0.2) is 140 Å². The van der Waals surface area contributed by atoms with Crippen molar-refractivity contribution in [3.63, 3.8) is 0 Å². The third-order valence-electron chi connectivity index (χ3n) is 14.9. The van der Waals surface area contributed by atoms with Gasteiger partial charge in [-0.3, -0.25) is 43.1 Å². The highest BCUT2D eigenvalue weighted by Gasteiger charge is 2.59. The van der Waals surface area contributed by atoms with Crippen LogP contribution in [0.3, 0.4) is 0 Å². The molecule has 0 aliphatic carbocycles. The quantitative estimate of drug-likeness (QED) is 0.0144. The van der Waals surface area contributed by atoms with Gasteiger partial charge < -0.3 is 61.4 Å². The summed E-state index contributed by atoms with van der Waals surface area (Å²) in [5.74, 6) is -11.5. The number of carbonyl (C=O) groups excluding carboxylic acids is 4. The highest BCUT2D eigenvalue weighted by atomic mass is 32.7. The number of benzene rings is 4. The number of hydrogen-bond acceptors (Lipinski definition) is 22. The molecule has 6 heterocycles. The van der Waals surface area contributed by atoms with Crippen LogP contribution in [-0.4, -0.2) is 109 Å². The van der Waals surface area contributed by atoms with E-state index in [-0.39, 0.29) is 48.9 Å². The second-order valence-corrected chi connectivity index (χ2v) is 27.4. The molecule has 0 spiro atoms. The summed E-state index contributed by atoms with van der Waals surface area (Å²) in [6.45, 7) is -7.97. The lowest BCUT2D eigenvalue weighted by Crippen LogP contribution is -2.38. The summed E-state index contributed by atoms with van der Waals surface area (Å²) >= 11 is 8.84. The number of nitrogens with one attached hydrogen (secondary N) is 2. The number of furan rings is 2. The van der Waals surface area contributed by atoms with Crippen molar-refractivity contribution in [3.05, 3.63) is 188 Å². The second-order valence-electron chi connectivity index (χ2n) is 21.3. The Morgan fingerprint density at radius 1 is 0.638 bits per heavy atom. The Kier molecular flexibility index (Phi) is 22.1. The number of aliphatic hydroxyl groups is 2. The third-order valence-corrected chi connectivity index (χ3v) is 18.1. The van der Waals surface area contributed by atoms with Gasteiger partial charge in [-0.2, -0.15) is 9.97 Å². The predicted molar refractivity (Wildman–Crippen MR) is 330 cm³/mol. The van der Waals surface area contributed by atoms with Crippen molar-refractivity contribution in [2.75, 3.05) is 27.4 Å². The lowest BCUT2D eigenvalue weighted by atomic mass is 10.00. The highest BCUT2D eigenvalue weighted by molar-refractivity contribution is 8.45. The lowest BCUT2D eigenvalue weighted by Gasteiger charge is -2.22. The number of aromatic nitrogens is 4. The fraction of sp³-hybridized carbons (Fsp3) is 0.333. The first-order chi connectivity index (χ1) is 44.6. The van der Waals surface area contributed by atoms with Gasteiger partial charge in [0.05, 0.1) is 88.9 Å². The van der Waals surface area contributed by atoms with Gasteiger partial charge in [0.1, 0.15) is 47.4 Å². The molecule has 5 N–H and O–H groups in total. The first kappa shape index (κ1) is 70.2. The summed E-state index contributed by atoms with van der Waals surface area (Å²) in [6.07, 6.45) is -5.61. The van der Waals surface area contributed by atoms with Gasteiger partial charge in [0.2, 0.25) is 12.5 Å². The summed E-state index contributed by atoms with van der Waals surface area (Å²) in [4.78, 5) is 93.1. The van der Waals surface area contributed by atoms with Crippen LogP contribution in [0.4, 0.5) is 17.6 Å². The molecular weight excluding hydrogens is 1330 g/mol. The van der Waals surface area contributed by atoms with Crippen LogP contribution in [0, 0.1) is 11.8 Å². The van der Waals surface area contributed by atoms with E-state index in [2.05, 4.69) is 32.4 Å². The minimum Gasteiger partial charge on any atom is -0.497 e. The molecule has 2 amide bonds. The molecule has 8 atom stereocenters. The Morgan fingerprint density at radius 3 is 1.44 bits per heavy atom.